The van der Waals surface area contributed by atoms with Crippen LogP contribution in [0.1, 0.15) is 26.7 Å². The first-order chi connectivity index (χ1) is 6.59. The quantitative estimate of drug-likeness (QED) is 0.595. The Morgan fingerprint density at radius 2 is 2.43 bits per heavy atom. The van der Waals surface area contributed by atoms with Crippen LogP contribution in [0.4, 0.5) is 0 Å². The molecule has 4 heteroatoms. The lowest BCUT2D eigenvalue weighted by Crippen LogP contribution is -2.49. The standard InChI is InChI=1S/C10H20N2O2/c1-7-3-4-11-9(5-7)10(14)12-6-8(2)13/h7-9,11,13H,3-6H2,1-2H3,(H,12,14)/t7?,8-,9?/m0/s1. The van der Waals surface area contributed by atoms with E-state index in [4.69, 9.17) is 5.11 Å². The third-order valence-electron chi connectivity index (χ3n) is 2.55. The van der Waals surface area contributed by atoms with Gasteiger partial charge in [0.2, 0.25) is 5.91 Å². The number of hydrogen-bond acceptors (Lipinski definition) is 3. The monoisotopic (exact) mass is 200 g/mol. The molecule has 1 rings (SSSR count). The minimum absolute atomic E-state index is 0.0115. The van der Waals surface area contributed by atoms with Gasteiger partial charge in [-0.3, -0.25) is 4.79 Å². The SMILES string of the molecule is CC1CCNC(C(=O)NC[C@H](C)O)C1. The number of aliphatic hydroxyl groups excluding tert-OH is 1. The van der Waals surface area contributed by atoms with Crippen LogP contribution in [-0.4, -0.2) is 36.2 Å². The molecule has 14 heavy (non-hydrogen) atoms. The Morgan fingerprint density at radius 3 is 3.00 bits per heavy atom. The molecule has 1 aliphatic rings. The summed E-state index contributed by atoms with van der Waals surface area (Å²) in [4.78, 5) is 11.6. The maximum Gasteiger partial charge on any atom is 0.237 e. The summed E-state index contributed by atoms with van der Waals surface area (Å²) in [6.45, 7) is 5.08. The van der Waals surface area contributed by atoms with Gasteiger partial charge >= 0.3 is 0 Å². The molecule has 0 saturated carbocycles. The minimum Gasteiger partial charge on any atom is -0.392 e. The molecule has 0 aromatic carbocycles. The van der Waals surface area contributed by atoms with Crippen molar-refractivity contribution < 1.29 is 9.90 Å². The molecular weight excluding hydrogens is 180 g/mol. The van der Waals surface area contributed by atoms with E-state index < -0.39 is 6.10 Å². The molecule has 0 aromatic heterocycles. The second-order valence-electron chi connectivity index (χ2n) is 4.23. The van der Waals surface area contributed by atoms with Crippen molar-refractivity contribution in [3.63, 3.8) is 0 Å². The van der Waals surface area contributed by atoms with Crippen molar-refractivity contribution in [2.75, 3.05) is 13.1 Å². The first-order valence-electron chi connectivity index (χ1n) is 5.28. The third-order valence-corrected chi connectivity index (χ3v) is 2.55. The maximum absolute atomic E-state index is 11.6. The molecule has 0 spiro atoms. The van der Waals surface area contributed by atoms with Crippen molar-refractivity contribution in [2.24, 2.45) is 5.92 Å². The van der Waals surface area contributed by atoms with Gasteiger partial charge in [0.1, 0.15) is 0 Å². The van der Waals surface area contributed by atoms with Crippen molar-refractivity contribution in [1.82, 2.24) is 10.6 Å². The lowest BCUT2D eigenvalue weighted by atomic mass is 9.94. The van der Waals surface area contributed by atoms with E-state index in [-0.39, 0.29) is 11.9 Å². The average Bonchev–Trinajstić information content (AvgIpc) is 2.14. The van der Waals surface area contributed by atoms with Crippen molar-refractivity contribution in [3.8, 4) is 0 Å². The molecule has 1 fully saturated rings. The van der Waals surface area contributed by atoms with Crippen LogP contribution >= 0.6 is 0 Å². The van der Waals surface area contributed by atoms with Crippen molar-refractivity contribution >= 4 is 5.91 Å². The van der Waals surface area contributed by atoms with Gasteiger partial charge in [-0.25, -0.2) is 0 Å². The van der Waals surface area contributed by atoms with Gasteiger partial charge in [-0.05, 0) is 32.2 Å². The largest absolute Gasteiger partial charge is 0.392 e. The van der Waals surface area contributed by atoms with E-state index >= 15 is 0 Å². The van der Waals surface area contributed by atoms with Crippen LogP contribution in [0.25, 0.3) is 0 Å². The Hall–Kier alpha value is -0.610. The van der Waals surface area contributed by atoms with Gasteiger partial charge in [0.25, 0.3) is 0 Å². The van der Waals surface area contributed by atoms with E-state index in [2.05, 4.69) is 17.6 Å². The van der Waals surface area contributed by atoms with Gasteiger partial charge < -0.3 is 15.7 Å². The molecular formula is C10H20N2O2. The van der Waals surface area contributed by atoms with Crippen LogP contribution in [0.3, 0.4) is 0 Å². The Labute approximate surface area is 85.1 Å². The van der Waals surface area contributed by atoms with Crippen LogP contribution in [-0.2, 0) is 4.79 Å². The van der Waals surface area contributed by atoms with E-state index in [1.165, 1.54) is 0 Å². The smallest absolute Gasteiger partial charge is 0.237 e. The minimum atomic E-state index is -0.472. The van der Waals surface area contributed by atoms with E-state index in [0.717, 1.165) is 19.4 Å². The van der Waals surface area contributed by atoms with Gasteiger partial charge in [-0.2, -0.15) is 0 Å². The van der Waals surface area contributed by atoms with Gasteiger partial charge in [-0.1, -0.05) is 6.92 Å². The first-order valence-corrected chi connectivity index (χ1v) is 5.28. The molecule has 1 heterocycles. The highest BCUT2D eigenvalue weighted by Crippen LogP contribution is 2.14. The summed E-state index contributed by atoms with van der Waals surface area (Å²) in [5.74, 6) is 0.621. The fourth-order valence-electron chi connectivity index (χ4n) is 1.68. The van der Waals surface area contributed by atoms with Gasteiger partial charge in [0, 0.05) is 6.54 Å². The summed E-state index contributed by atoms with van der Waals surface area (Å²) in [6, 6.07) is -0.0718. The van der Waals surface area contributed by atoms with Gasteiger partial charge in [-0.15, -0.1) is 0 Å². The Kier molecular flexibility index (Phi) is 4.35. The van der Waals surface area contributed by atoms with E-state index in [9.17, 15) is 4.79 Å². The number of amides is 1. The highest BCUT2D eigenvalue weighted by molar-refractivity contribution is 5.81. The average molecular weight is 200 g/mol. The number of carbonyl (C=O) groups is 1. The maximum atomic E-state index is 11.6. The summed E-state index contributed by atoms with van der Waals surface area (Å²) in [6.07, 6.45) is 1.56. The van der Waals surface area contributed by atoms with Crippen LogP contribution in [0.2, 0.25) is 0 Å². The fourth-order valence-corrected chi connectivity index (χ4v) is 1.68. The van der Waals surface area contributed by atoms with Crippen molar-refractivity contribution in [1.29, 1.82) is 0 Å². The van der Waals surface area contributed by atoms with Crippen LogP contribution in [0, 0.1) is 5.92 Å². The van der Waals surface area contributed by atoms with Crippen molar-refractivity contribution in [3.05, 3.63) is 0 Å². The first kappa shape index (κ1) is 11.5. The number of carbonyl (C=O) groups excluding carboxylic acids is 1. The van der Waals surface area contributed by atoms with E-state index in [1.807, 2.05) is 0 Å². The lowest BCUT2D eigenvalue weighted by molar-refractivity contribution is -0.124. The second kappa shape index (κ2) is 5.32. The summed E-state index contributed by atoms with van der Waals surface area (Å²) in [7, 11) is 0. The lowest BCUT2D eigenvalue weighted by Gasteiger charge is -2.27. The Morgan fingerprint density at radius 1 is 1.71 bits per heavy atom. The molecule has 4 nitrogen and oxygen atoms in total. The molecule has 3 N–H and O–H groups in total. The fraction of sp³-hybridized carbons (Fsp3) is 0.900. The number of aliphatic hydroxyl groups is 1. The van der Waals surface area contributed by atoms with E-state index in [0.29, 0.717) is 12.5 Å². The topological polar surface area (TPSA) is 61.4 Å². The van der Waals surface area contributed by atoms with E-state index in [1.54, 1.807) is 6.92 Å². The molecule has 0 radical (unpaired) electrons. The predicted octanol–water partition coefficient (Wildman–Crippen LogP) is -0.128. The number of hydrogen-bond donors (Lipinski definition) is 3. The van der Waals surface area contributed by atoms with Crippen LogP contribution in [0.15, 0.2) is 0 Å². The molecule has 0 aliphatic carbocycles. The summed E-state index contributed by atoms with van der Waals surface area (Å²) in [5, 5.41) is 14.9. The van der Waals surface area contributed by atoms with Crippen molar-refractivity contribution in [2.45, 2.75) is 38.8 Å². The number of rotatable bonds is 3. The summed E-state index contributed by atoms with van der Waals surface area (Å²) in [5.41, 5.74) is 0. The van der Waals surface area contributed by atoms with Gasteiger partial charge in [0.05, 0.1) is 12.1 Å². The molecule has 2 unspecified atom stereocenters. The predicted molar refractivity (Wildman–Crippen MR) is 54.9 cm³/mol. The number of nitrogens with one attached hydrogen (secondary N) is 2. The third kappa shape index (κ3) is 3.64. The molecule has 82 valence electrons. The zero-order valence-electron chi connectivity index (χ0n) is 8.92. The van der Waals surface area contributed by atoms with Crippen LogP contribution in [0.5, 0.6) is 0 Å². The second-order valence-corrected chi connectivity index (χ2v) is 4.23. The summed E-state index contributed by atoms with van der Waals surface area (Å²) >= 11 is 0. The highest BCUT2D eigenvalue weighted by Gasteiger charge is 2.24. The molecule has 1 aliphatic heterocycles. The summed E-state index contributed by atoms with van der Waals surface area (Å²) < 4.78 is 0. The Bertz CT molecular complexity index is 195. The molecule has 1 saturated heterocycles. The molecule has 0 bridgehead atoms. The Balaban J connectivity index is 2.29. The normalized spacial score (nSPS) is 29.6. The molecule has 1 amide bonds. The zero-order chi connectivity index (χ0) is 10.6. The molecule has 3 atom stereocenters. The van der Waals surface area contributed by atoms with Crippen LogP contribution < -0.4 is 10.6 Å². The number of piperidine rings is 1. The molecule has 0 aromatic rings. The van der Waals surface area contributed by atoms with Gasteiger partial charge in [0.15, 0.2) is 0 Å². The highest BCUT2D eigenvalue weighted by atomic mass is 16.3. The zero-order valence-corrected chi connectivity index (χ0v) is 8.92.